The highest BCUT2D eigenvalue weighted by atomic mass is 14.9. The topological polar surface area (TPSA) is 70.6 Å². The predicted octanol–water partition coefficient (Wildman–Crippen LogP) is 14.4. The fourth-order valence-electron chi connectivity index (χ4n) is 9.79. The molecule has 0 aliphatic heterocycles. The fraction of sp³-hybridized carbons (Fsp3) is 0.0678. The number of hydrogen-bond donors (Lipinski definition) is 3. The maximum absolute atomic E-state index is 5.50. The van der Waals surface area contributed by atoms with Gasteiger partial charge in [-0.3, -0.25) is 0 Å². The van der Waals surface area contributed by atoms with E-state index in [0.717, 1.165) is 0 Å². The van der Waals surface area contributed by atoms with Gasteiger partial charge in [-0.1, -0.05) is 200 Å². The number of aromatic amines is 1. The minimum atomic E-state index is -0.272. The number of hydrogen-bond acceptors (Lipinski definition) is 2. The molecule has 2 aliphatic rings. The summed E-state index contributed by atoms with van der Waals surface area (Å²) < 4.78 is 2.24. The minimum Gasteiger partial charge on any atom is -0.354 e. The molecule has 2 aromatic heterocycles. The first-order valence-corrected chi connectivity index (χ1v) is 21.5. The first-order chi connectivity index (χ1) is 31.1. The largest absolute Gasteiger partial charge is 0.354 e. The summed E-state index contributed by atoms with van der Waals surface area (Å²) in [5, 5.41) is 10.8. The number of aromatic nitrogens is 2. The van der Waals surface area contributed by atoms with Gasteiger partial charge in [-0.2, -0.15) is 0 Å². The van der Waals surface area contributed by atoms with Gasteiger partial charge in [0.05, 0.1) is 5.41 Å². The summed E-state index contributed by atoms with van der Waals surface area (Å²) in [6, 6.07) is 77.6. The summed E-state index contributed by atoms with van der Waals surface area (Å²) in [6.45, 7) is 5.22. The van der Waals surface area contributed by atoms with Crippen molar-refractivity contribution in [3.05, 3.63) is 252 Å². The molecule has 1 spiro atoms. The Balaban J connectivity index is 0.000000133. The summed E-state index contributed by atoms with van der Waals surface area (Å²) in [6.07, 6.45) is 0. The quantitative estimate of drug-likeness (QED) is 0.142. The number of benzene rings is 9. The van der Waals surface area contributed by atoms with E-state index in [1.54, 1.807) is 0 Å². The van der Waals surface area contributed by atoms with Gasteiger partial charge in [0.2, 0.25) is 0 Å². The second-order valence-corrected chi connectivity index (χ2v) is 15.9. The Kier molecular flexibility index (Phi) is 11.4. The van der Waals surface area contributed by atoms with Gasteiger partial charge in [-0.25, -0.2) is 0 Å². The average molecular weight is 815 g/mol. The van der Waals surface area contributed by atoms with Crippen LogP contribution in [0.4, 0.5) is 0 Å². The lowest BCUT2D eigenvalue weighted by molar-refractivity contribution is 0.794. The smallest absolute Gasteiger partial charge is 0.0725 e. The highest BCUT2D eigenvalue weighted by molar-refractivity contribution is 6.17. The second kappa shape index (κ2) is 17.7. The van der Waals surface area contributed by atoms with Crippen LogP contribution >= 0.6 is 0 Å². The summed E-state index contributed by atoms with van der Waals surface area (Å²) in [4.78, 5) is 3.66. The summed E-state index contributed by atoms with van der Waals surface area (Å²) in [5.74, 6) is 0. The van der Waals surface area contributed by atoms with E-state index in [1.807, 2.05) is 48.5 Å². The number of H-pyrrole nitrogens is 1. The Labute approximate surface area is 369 Å². The number of nitrogens with one attached hydrogen (secondary N) is 2. The lowest BCUT2D eigenvalue weighted by atomic mass is 9.70. The van der Waals surface area contributed by atoms with E-state index >= 15 is 0 Å². The van der Waals surface area contributed by atoms with Crippen LogP contribution in [0.15, 0.2) is 218 Å². The Morgan fingerprint density at radius 2 is 0.905 bits per heavy atom. The lowest BCUT2D eigenvalue weighted by Gasteiger charge is -2.30. The number of nitrogens with two attached hydrogens (primary N) is 1. The number of rotatable bonds is 1. The van der Waals surface area contributed by atoms with E-state index < -0.39 is 0 Å². The molecule has 0 saturated carbocycles. The first kappa shape index (κ1) is 40.6. The van der Waals surface area contributed by atoms with E-state index in [9.17, 15) is 0 Å². The van der Waals surface area contributed by atoms with Crippen molar-refractivity contribution >= 4 is 50.3 Å². The van der Waals surface area contributed by atoms with Gasteiger partial charge in [0.15, 0.2) is 0 Å². The third-order valence-electron chi connectivity index (χ3n) is 12.5. The van der Waals surface area contributed by atoms with Crippen molar-refractivity contribution in [1.29, 1.82) is 5.41 Å². The van der Waals surface area contributed by atoms with Crippen LogP contribution in [0.3, 0.4) is 0 Å². The van der Waals surface area contributed by atoms with Crippen molar-refractivity contribution in [3.8, 4) is 22.3 Å². The Morgan fingerprint density at radius 1 is 0.460 bits per heavy atom. The van der Waals surface area contributed by atoms with Crippen LogP contribution in [0.1, 0.15) is 33.4 Å². The van der Waals surface area contributed by atoms with E-state index in [0.29, 0.717) is 6.54 Å². The molecule has 63 heavy (non-hydrogen) atoms. The Bertz CT molecular complexity index is 3240. The molecular formula is C59H50N4. The second-order valence-electron chi connectivity index (χ2n) is 15.9. The zero-order valence-electron chi connectivity index (χ0n) is 35.7. The molecule has 4 N–H and O–H groups in total. The van der Waals surface area contributed by atoms with Crippen molar-refractivity contribution < 1.29 is 0 Å². The van der Waals surface area contributed by atoms with Crippen LogP contribution in [-0.4, -0.2) is 16.3 Å². The zero-order valence-corrected chi connectivity index (χ0v) is 35.7. The number of aryl methyl sites for hydroxylation is 2. The molecule has 0 saturated heterocycles. The van der Waals surface area contributed by atoms with E-state index in [2.05, 4.69) is 200 Å². The predicted molar refractivity (Wildman–Crippen MR) is 268 cm³/mol. The van der Waals surface area contributed by atoms with Crippen molar-refractivity contribution in [2.24, 2.45) is 12.8 Å². The van der Waals surface area contributed by atoms with E-state index in [4.69, 9.17) is 11.1 Å². The van der Waals surface area contributed by atoms with Crippen LogP contribution < -0.4 is 5.73 Å². The number of para-hydroxylation sites is 3. The normalized spacial score (nSPS) is 12.0. The molecule has 4 nitrogen and oxygen atoms in total. The van der Waals surface area contributed by atoms with Gasteiger partial charge in [0.1, 0.15) is 0 Å². The van der Waals surface area contributed by atoms with Gasteiger partial charge in [0.25, 0.3) is 0 Å². The van der Waals surface area contributed by atoms with Crippen molar-refractivity contribution in [2.45, 2.75) is 18.9 Å². The maximum atomic E-state index is 5.50. The van der Waals surface area contributed by atoms with E-state index in [1.165, 1.54) is 99.2 Å². The average Bonchev–Trinajstić information content (AvgIpc) is 4.07. The molecule has 9 aromatic carbocycles. The molecule has 11 aromatic rings. The van der Waals surface area contributed by atoms with E-state index in [-0.39, 0.29) is 5.41 Å². The fourth-order valence-corrected chi connectivity index (χ4v) is 9.79. The standard InChI is InChI=1S/C31H19N.C13H11N.C7H9N.C7H8.CH3N/c1-5-13-23-19(9-1)20-10-2-6-14-24(20)31(23)25-15-7-3-11-21(25)29-26(31)17-18-28-30(29)22-12-4-8-16-27(22)32-28;1-14-12-8-4-2-6-10(12)11-7-3-5-9-13(11)14;8-6-7-4-2-1-3-5-7;1-7-5-3-2-4-6-7;1-2/h1-18,32H;2-9H,1H3;1-5H,6,8H2;2-6H,1H3;2H,1H2. The molecule has 0 bridgehead atoms. The lowest BCUT2D eigenvalue weighted by Crippen LogP contribution is -2.25. The molecule has 0 unspecified atom stereocenters. The van der Waals surface area contributed by atoms with Gasteiger partial charge in [-0.05, 0) is 88.0 Å². The number of fused-ring (bicyclic) bond motifs is 17. The third-order valence-corrected chi connectivity index (χ3v) is 12.5. The van der Waals surface area contributed by atoms with Crippen LogP contribution in [0.2, 0.25) is 0 Å². The summed E-state index contributed by atoms with van der Waals surface area (Å²) in [5.41, 5.74) is 23.6. The van der Waals surface area contributed by atoms with Gasteiger partial charge in [-0.15, -0.1) is 0 Å². The van der Waals surface area contributed by atoms with Crippen LogP contribution in [0.25, 0.3) is 65.9 Å². The SMILES string of the molecule is C=N.Cc1ccccc1.Cn1c2ccccc2c2ccccc21.NCc1ccccc1.c1ccc2c(c1)-c1ccccc1C21c2ccccc2-c2c1ccc1[nH]c3ccccc3c21. The van der Waals surface area contributed by atoms with Gasteiger partial charge in [0, 0.05) is 57.2 Å². The molecule has 2 aliphatic carbocycles. The zero-order chi connectivity index (χ0) is 43.3. The Morgan fingerprint density at radius 3 is 1.43 bits per heavy atom. The summed E-state index contributed by atoms with van der Waals surface area (Å²) in [7, 11) is 2.12. The molecular weight excluding hydrogens is 765 g/mol. The molecule has 0 amide bonds. The van der Waals surface area contributed by atoms with Crippen LogP contribution in [0.5, 0.6) is 0 Å². The first-order valence-electron chi connectivity index (χ1n) is 21.5. The van der Waals surface area contributed by atoms with Crippen molar-refractivity contribution in [2.75, 3.05) is 0 Å². The van der Waals surface area contributed by atoms with Gasteiger partial charge < -0.3 is 20.7 Å². The molecule has 2 heterocycles. The Hall–Kier alpha value is -7.79. The van der Waals surface area contributed by atoms with Crippen LogP contribution in [0, 0.1) is 12.3 Å². The van der Waals surface area contributed by atoms with Gasteiger partial charge >= 0.3 is 0 Å². The molecule has 4 heteroatoms. The highest BCUT2D eigenvalue weighted by Crippen LogP contribution is 2.63. The molecule has 0 atom stereocenters. The molecule has 0 radical (unpaired) electrons. The molecule has 306 valence electrons. The number of nitrogens with zero attached hydrogens (tertiary/aromatic N) is 1. The monoisotopic (exact) mass is 814 g/mol. The van der Waals surface area contributed by atoms with Crippen molar-refractivity contribution in [3.63, 3.8) is 0 Å². The maximum Gasteiger partial charge on any atom is 0.0725 e. The minimum absolute atomic E-state index is 0.272. The molecule has 13 rings (SSSR count). The summed E-state index contributed by atoms with van der Waals surface area (Å²) >= 11 is 0. The van der Waals surface area contributed by atoms with Crippen LogP contribution in [-0.2, 0) is 19.0 Å². The molecule has 0 fully saturated rings. The highest BCUT2D eigenvalue weighted by Gasteiger charge is 2.51. The third kappa shape index (κ3) is 7.01. The van der Waals surface area contributed by atoms with Crippen molar-refractivity contribution in [1.82, 2.24) is 9.55 Å².